The van der Waals surface area contributed by atoms with Gasteiger partial charge >= 0.3 is 0 Å². The molecular formula is C19H21FN2O3. The second kappa shape index (κ2) is 7.51. The minimum absolute atomic E-state index is 0.121. The Morgan fingerprint density at radius 1 is 1.28 bits per heavy atom. The van der Waals surface area contributed by atoms with Crippen LogP contribution in [-0.2, 0) is 7.05 Å². The van der Waals surface area contributed by atoms with Gasteiger partial charge in [0, 0.05) is 43.9 Å². The topological polar surface area (TPSA) is 51.5 Å². The molecule has 3 rings (SSSR count). The van der Waals surface area contributed by atoms with Crippen LogP contribution in [0, 0.1) is 11.7 Å². The fourth-order valence-electron chi connectivity index (χ4n) is 2.99. The minimum Gasteiger partial charge on any atom is -0.493 e. The van der Waals surface area contributed by atoms with Crippen LogP contribution in [0.1, 0.15) is 23.2 Å². The van der Waals surface area contributed by atoms with Crippen LogP contribution in [0.5, 0.6) is 5.75 Å². The maximum absolute atomic E-state index is 12.9. The van der Waals surface area contributed by atoms with Gasteiger partial charge in [0.15, 0.2) is 0 Å². The monoisotopic (exact) mass is 344 g/mol. The quantitative estimate of drug-likeness (QED) is 0.856. The van der Waals surface area contributed by atoms with Crippen molar-refractivity contribution in [2.45, 2.75) is 12.8 Å². The van der Waals surface area contributed by atoms with Crippen molar-refractivity contribution in [3.05, 3.63) is 64.3 Å². The van der Waals surface area contributed by atoms with E-state index in [1.54, 1.807) is 36.3 Å². The van der Waals surface area contributed by atoms with Crippen LogP contribution in [-0.4, -0.2) is 35.1 Å². The number of carbonyl (C=O) groups is 1. The molecule has 2 aromatic rings. The maximum atomic E-state index is 12.9. The van der Waals surface area contributed by atoms with Crippen LogP contribution >= 0.6 is 0 Å². The highest BCUT2D eigenvalue weighted by Crippen LogP contribution is 2.20. The Morgan fingerprint density at radius 3 is 2.76 bits per heavy atom. The number of ether oxygens (including phenoxy) is 1. The van der Waals surface area contributed by atoms with Crippen molar-refractivity contribution in [3.8, 4) is 5.75 Å². The zero-order chi connectivity index (χ0) is 17.8. The molecule has 1 aromatic carbocycles. The number of likely N-dealkylation sites (tertiary alicyclic amines) is 1. The zero-order valence-corrected chi connectivity index (χ0v) is 14.2. The molecule has 1 saturated heterocycles. The van der Waals surface area contributed by atoms with Crippen molar-refractivity contribution in [1.29, 1.82) is 0 Å². The molecule has 0 saturated carbocycles. The summed E-state index contributed by atoms with van der Waals surface area (Å²) < 4.78 is 20.1. The second-order valence-corrected chi connectivity index (χ2v) is 6.39. The summed E-state index contributed by atoms with van der Waals surface area (Å²) in [7, 11) is 1.65. The van der Waals surface area contributed by atoms with Crippen molar-refractivity contribution in [2.75, 3.05) is 19.7 Å². The third-order valence-corrected chi connectivity index (χ3v) is 4.46. The van der Waals surface area contributed by atoms with E-state index in [1.165, 1.54) is 22.8 Å². The van der Waals surface area contributed by atoms with Crippen LogP contribution in [0.4, 0.5) is 4.39 Å². The Bertz CT molecular complexity index is 801. The number of amides is 1. The summed E-state index contributed by atoms with van der Waals surface area (Å²) in [6.07, 6.45) is 3.48. The number of nitrogens with zero attached hydrogens (tertiary/aromatic N) is 2. The average Bonchev–Trinajstić information content (AvgIpc) is 2.63. The van der Waals surface area contributed by atoms with Gasteiger partial charge in [-0.1, -0.05) is 0 Å². The number of pyridine rings is 1. The molecule has 1 aliphatic rings. The number of benzene rings is 1. The van der Waals surface area contributed by atoms with E-state index in [0.717, 1.165) is 12.8 Å². The SMILES string of the molecule is Cn1ccc(C(=O)N2CCCC(COc3ccc(F)cc3)C2)cc1=O. The second-order valence-electron chi connectivity index (χ2n) is 6.39. The number of piperidine rings is 1. The van der Waals surface area contributed by atoms with Crippen molar-refractivity contribution in [3.63, 3.8) is 0 Å². The summed E-state index contributed by atoms with van der Waals surface area (Å²) in [6, 6.07) is 8.97. The Labute approximate surface area is 145 Å². The van der Waals surface area contributed by atoms with E-state index < -0.39 is 0 Å². The molecule has 1 fully saturated rings. The van der Waals surface area contributed by atoms with Crippen LogP contribution in [0.3, 0.4) is 0 Å². The molecule has 0 radical (unpaired) electrons. The molecule has 132 valence electrons. The molecule has 5 nitrogen and oxygen atoms in total. The third kappa shape index (κ3) is 4.26. The smallest absolute Gasteiger partial charge is 0.254 e. The van der Waals surface area contributed by atoms with Gasteiger partial charge in [0.05, 0.1) is 6.61 Å². The van der Waals surface area contributed by atoms with E-state index in [2.05, 4.69) is 0 Å². The summed E-state index contributed by atoms with van der Waals surface area (Å²) in [5, 5.41) is 0. The van der Waals surface area contributed by atoms with E-state index in [9.17, 15) is 14.0 Å². The number of hydrogen-bond acceptors (Lipinski definition) is 3. The molecule has 0 bridgehead atoms. The predicted molar refractivity (Wildman–Crippen MR) is 92.2 cm³/mol. The highest BCUT2D eigenvalue weighted by Gasteiger charge is 2.25. The molecule has 25 heavy (non-hydrogen) atoms. The van der Waals surface area contributed by atoms with Gasteiger partial charge < -0.3 is 14.2 Å². The number of aryl methyl sites for hydroxylation is 1. The summed E-state index contributed by atoms with van der Waals surface area (Å²) in [4.78, 5) is 26.1. The molecule has 1 atom stereocenters. The van der Waals surface area contributed by atoms with Crippen molar-refractivity contribution < 1.29 is 13.9 Å². The number of halogens is 1. The Kier molecular flexibility index (Phi) is 5.16. The molecule has 6 heteroatoms. The van der Waals surface area contributed by atoms with Crippen LogP contribution in [0.2, 0.25) is 0 Å². The molecule has 1 aliphatic heterocycles. The van der Waals surface area contributed by atoms with Crippen LogP contribution < -0.4 is 10.3 Å². The van der Waals surface area contributed by atoms with Gasteiger partial charge in [-0.25, -0.2) is 4.39 Å². The highest BCUT2D eigenvalue weighted by molar-refractivity contribution is 5.94. The highest BCUT2D eigenvalue weighted by atomic mass is 19.1. The molecule has 1 unspecified atom stereocenters. The molecule has 1 aromatic heterocycles. The predicted octanol–water partition coefficient (Wildman–Crippen LogP) is 2.46. The first-order valence-electron chi connectivity index (χ1n) is 8.37. The molecule has 2 heterocycles. The molecule has 1 amide bonds. The lowest BCUT2D eigenvalue weighted by atomic mass is 9.98. The van der Waals surface area contributed by atoms with Crippen molar-refractivity contribution in [1.82, 2.24) is 9.47 Å². The lowest BCUT2D eigenvalue weighted by Crippen LogP contribution is -2.42. The van der Waals surface area contributed by atoms with E-state index in [-0.39, 0.29) is 23.2 Å². The van der Waals surface area contributed by atoms with Gasteiger partial charge in [-0.3, -0.25) is 9.59 Å². The summed E-state index contributed by atoms with van der Waals surface area (Å²) in [6.45, 7) is 1.75. The Hall–Kier alpha value is -2.63. The van der Waals surface area contributed by atoms with E-state index in [4.69, 9.17) is 4.74 Å². The summed E-state index contributed by atoms with van der Waals surface area (Å²) >= 11 is 0. The van der Waals surface area contributed by atoms with Gasteiger partial charge in [-0.2, -0.15) is 0 Å². The van der Waals surface area contributed by atoms with Crippen LogP contribution in [0.25, 0.3) is 0 Å². The van der Waals surface area contributed by atoms with Gasteiger partial charge in [0.2, 0.25) is 0 Å². The van der Waals surface area contributed by atoms with E-state index >= 15 is 0 Å². The minimum atomic E-state index is -0.296. The van der Waals surface area contributed by atoms with E-state index in [1.807, 2.05) is 0 Å². The molecule has 0 spiro atoms. The summed E-state index contributed by atoms with van der Waals surface area (Å²) in [5.74, 6) is 0.422. The summed E-state index contributed by atoms with van der Waals surface area (Å²) in [5.41, 5.74) is 0.224. The first-order chi connectivity index (χ1) is 12.0. The fourth-order valence-corrected chi connectivity index (χ4v) is 2.99. The lowest BCUT2D eigenvalue weighted by Gasteiger charge is -2.32. The number of aromatic nitrogens is 1. The largest absolute Gasteiger partial charge is 0.493 e. The number of rotatable bonds is 4. The lowest BCUT2D eigenvalue weighted by molar-refractivity contribution is 0.0633. The molecule has 0 aliphatic carbocycles. The maximum Gasteiger partial charge on any atom is 0.254 e. The normalized spacial score (nSPS) is 17.4. The van der Waals surface area contributed by atoms with E-state index in [0.29, 0.717) is 31.0 Å². The first-order valence-corrected chi connectivity index (χ1v) is 8.37. The molecule has 0 N–H and O–H groups in total. The standard InChI is InChI=1S/C19H21FN2O3/c1-21-10-8-15(11-18(21)23)19(24)22-9-2-3-14(12-22)13-25-17-6-4-16(20)5-7-17/h4-8,10-11,14H,2-3,9,12-13H2,1H3. The number of carbonyl (C=O) groups excluding carboxylic acids is 1. The Balaban J connectivity index is 1.60. The number of hydrogen-bond donors (Lipinski definition) is 0. The van der Waals surface area contributed by atoms with Crippen molar-refractivity contribution in [2.24, 2.45) is 13.0 Å². The fraction of sp³-hybridized carbons (Fsp3) is 0.368. The van der Waals surface area contributed by atoms with Gasteiger partial charge in [0.25, 0.3) is 11.5 Å². The van der Waals surface area contributed by atoms with Crippen LogP contribution in [0.15, 0.2) is 47.4 Å². The van der Waals surface area contributed by atoms with Gasteiger partial charge in [-0.05, 0) is 43.2 Å². The zero-order valence-electron chi connectivity index (χ0n) is 14.2. The third-order valence-electron chi connectivity index (χ3n) is 4.46. The molecular weight excluding hydrogens is 323 g/mol. The first kappa shape index (κ1) is 17.2. The van der Waals surface area contributed by atoms with Crippen molar-refractivity contribution >= 4 is 5.91 Å². The van der Waals surface area contributed by atoms with Gasteiger partial charge in [-0.15, -0.1) is 0 Å². The van der Waals surface area contributed by atoms with Gasteiger partial charge in [0.1, 0.15) is 11.6 Å². The average molecular weight is 344 g/mol. The Morgan fingerprint density at radius 2 is 2.04 bits per heavy atom.